The second-order valence-corrected chi connectivity index (χ2v) is 8.11. The Balaban J connectivity index is 1.20. The van der Waals surface area contributed by atoms with Gasteiger partial charge in [-0.1, -0.05) is 6.07 Å². The van der Waals surface area contributed by atoms with Gasteiger partial charge in [0, 0.05) is 38.4 Å². The van der Waals surface area contributed by atoms with Crippen molar-refractivity contribution in [2.45, 2.75) is 12.9 Å². The maximum atomic E-state index is 12.4. The lowest BCUT2D eigenvalue weighted by molar-refractivity contribution is -0.274. The molecule has 0 unspecified atom stereocenters. The molecule has 2 aliphatic rings. The molecule has 5 rings (SSSR count). The van der Waals surface area contributed by atoms with Gasteiger partial charge in [0.2, 0.25) is 6.79 Å². The predicted molar refractivity (Wildman–Crippen MR) is 123 cm³/mol. The summed E-state index contributed by atoms with van der Waals surface area (Å²) in [4.78, 5) is 13.0. The zero-order valence-corrected chi connectivity index (χ0v) is 18.6. The third-order valence-corrected chi connectivity index (χ3v) is 5.73. The predicted octanol–water partition coefficient (Wildman–Crippen LogP) is 3.75. The van der Waals surface area contributed by atoms with E-state index in [1.54, 1.807) is 0 Å². The summed E-state index contributed by atoms with van der Waals surface area (Å²) in [6.45, 7) is 4.16. The summed E-state index contributed by atoms with van der Waals surface area (Å²) in [6.07, 6.45) is -3.33. The topological polar surface area (TPSA) is 98.0 Å². The van der Waals surface area contributed by atoms with Gasteiger partial charge in [-0.2, -0.15) is 0 Å². The molecular weight excluding hydrogens is 465 g/mol. The number of halogens is 3. The quantitative estimate of drug-likeness (QED) is 0.538. The Morgan fingerprint density at radius 2 is 1.71 bits per heavy atom. The van der Waals surface area contributed by atoms with E-state index < -0.39 is 6.36 Å². The number of aromatic nitrogens is 2. The Kier molecular flexibility index (Phi) is 6.12. The van der Waals surface area contributed by atoms with E-state index in [0.717, 1.165) is 49.8 Å². The molecule has 0 spiro atoms. The lowest BCUT2D eigenvalue weighted by atomic mass is 10.1. The fourth-order valence-corrected chi connectivity index (χ4v) is 4.03. The Labute approximate surface area is 199 Å². The molecule has 0 atom stereocenters. The first-order valence-electron chi connectivity index (χ1n) is 10.9. The van der Waals surface area contributed by atoms with E-state index in [1.165, 1.54) is 30.6 Å². The molecule has 1 saturated heterocycles. The number of hydrogen-bond donors (Lipinski definition) is 2. The first-order valence-corrected chi connectivity index (χ1v) is 10.9. The molecular formula is C23H23F3N6O3. The van der Waals surface area contributed by atoms with Gasteiger partial charge in [0.1, 0.15) is 17.8 Å². The van der Waals surface area contributed by atoms with E-state index in [9.17, 15) is 13.2 Å². The minimum Gasteiger partial charge on any atom is -0.454 e. The van der Waals surface area contributed by atoms with Crippen molar-refractivity contribution in [1.82, 2.24) is 14.9 Å². The summed E-state index contributed by atoms with van der Waals surface area (Å²) in [5.41, 5.74) is 8.38. The van der Waals surface area contributed by atoms with E-state index >= 15 is 0 Å². The van der Waals surface area contributed by atoms with Crippen LogP contribution in [0.5, 0.6) is 17.2 Å². The van der Waals surface area contributed by atoms with Gasteiger partial charge in [-0.25, -0.2) is 9.97 Å². The highest BCUT2D eigenvalue weighted by Crippen LogP contribution is 2.33. The van der Waals surface area contributed by atoms with Gasteiger partial charge in [-0.05, 0) is 42.0 Å². The Bertz CT molecular complexity index is 1180. The number of benzene rings is 2. The highest BCUT2D eigenvalue weighted by Gasteiger charge is 2.31. The minimum absolute atomic E-state index is 0.256. The van der Waals surface area contributed by atoms with Crippen LogP contribution in [0.2, 0.25) is 0 Å². The van der Waals surface area contributed by atoms with Gasteiger partial charge in [0.15, 0.2) is 23.1 Å². The number of nitrogens with two attached hydrogens (primary N) is 1. The molecule has 2 aromatic carbocycles. The van der Waals surface area contributed by atoms with Crippen LogP contribution in [0, 0.1) is 0 Å². The van der Waals surface area contributed by atoms with Gasteiger partial charge < -0.3 is 30.2 Å². The molecule has 0 bridgehead atoms. The molecule has 35 heavy (non-hydrogen) atoms. The molecule has 0 aliphatic carbocycles. The Morgan fingerprint density at radius 1 is 0.971 bits per heavy atom. The maximum Gasteiger partial charge on any atom is 0.573 e. The van der Waals surface area contributed by atoms with Gasteiger partial charge in [0.05, 0.1) is 0 Å². The molecule has 9 nitrogen and oxygen atoms in total. The molecule has 0 radical (unpaired) electrons. The van der Waals surface area contributed by atoms with Crippen LogP contribution in [-0.4, -0.2) is 54.2 Å². The normalized spacial score (nSPS) is 15.8. The number of anilines is 4. The van der Waals surface area contributed by atoms with Crippen molar-refractivity contribution in [3.05, 3.63) is 54.4 Å². The van der Waals surface area contributed by atoms with Crippen molar-refractivity contribution in [1.29, 1.82) is 0 Å². The highest BCUT2D eigenvalue weighted by molar-refractivity contribution is 5.78. The number of rotatable bonds is 6. The SMILES string of the molecule is Nc1c(Nc2ccc(OC(F)(F)F)cc2)ncnc1N1CCN(Cc2ccc3c(c2)OCO3)CC1. The van der Waals surface area contributed by atoms with Crippen LogP contribution in [-0.2, 0) is 6.54 Å². The molecule has 12 heteroatoms. The number of hydrogen-bond acceptors (Lipinski definition) is 9. The van der Waals surface area contributed by atoms with Crippen molar-refractivity contribution in [3.8, 4) is 17.2 Å². The Hall–Kier alpha value is -3.93. The molecule has 0 saturated carbocycles. The lowest BCUT2D eigenvalue weighted by Crippen LogP contribution is -2.46. The highest BCUT2D eigenvalue weighted by atomic mass is 19.4. The van der Waals surface area contributed by atoms with E-state index in [0.29, 0.717) is 23.0 Å². The van der Waals surface area contributed by atoms with Crippen molar-refractivity contribution in [3.63, 3.8) is 0 Å². The van der Waals surface area contributed by atoms with Crippen LogP contribution < -0.4 is 30.2 Å². The second-order valence-electron chi connectivity index (χ2n) is 8.11. The van der Waals surface area contributed by atoms with E-state index in [1.807, 2.05) is 18.2 Å². The third kappa shape index (κ3) is 5.43. The zero-order valence-electron chi connectivity index (χ0n) is 18.6. The molecule has 0 amide bonds. The van der Waals surface area contributed by atoms with Crippen LogP contribution in [0.3, 0.4) is 0 Å². The van der Waals surface area contributed by atoms with Crippen LogP contribution in [0.15, 0.2) is 48.8 Å². The summed E-state index contributed by atoms with van der Waals surface area (Å²) >= 11 is 0. The number of nitrogens with zero attached hydrogens (tertiary/aromatic N) is 4. The summed E-state index contributed by atoms with van der Waals surface area (Å²) in [6, 6.07) is 11.3. The Morgan fingerprint density at radius 3 is 2.46 bits per heavy atom. The average Bonchev–Trinajstić information content (AvgIpc) is 3.29. The standard InChI is InChI=1S/C23H23F3N6O3/c24-23(25,26)35-17-4-2-16(3-5-17)30-21-20(27)22(29-13-28-21)32-9-7-31(8-10-32)12-15-1-6-18-19(11-15)34-14-33-18/h1-6,11,13H,7-10,12,14,27H2,(H,28,29,30). The number of ether oxygens (including phenoxy) is 3. The largest absolute Gasteiger partial charge is 0.573 e. The summed E-state index contributed by atoms with van der Waals surface area (Å²) in [7, 11) is 0. The number of piperazine rings is 1. The number of alkyl halides is 3. The first kappa shape index (κ1) is 22.8. The number of nitrogens with one attached hydrogen (secondary N) is 1. The number of nitrogen functional groups attached to an aromatic ring is 1. The molecule has 184 valence electrons. The number of fused-ring (bicyclic) bond motifs is 1. The van der Waals surface area contributed by atoms with Crippen molar-refractivity contribution in [2.75, 3.05) is 48.9 Å². The summed E-state index contributed by atoms with van der Waals surface area (Å²) < 4.78 is 51.8. The lowest BCUT2D eigenvalue weighted by Gasteiger charge is -2.36. The molecule has 1 fully saturated rings. The van der Waals surface area contributed by atoms with Crippen molar-refractivity contribution >= 4 is 23.0 Å². The van der Waals surface area contributed by atoms with Gasteiger partial charge >= 0.3 is 6.36 Å². The van der Waals surface area contributed by atoms with Crippen LogP contribution in [0.1, 0.15) is 5.56 Å². The van der Waals surface area contributed by atoms with Crippen molar-refractivity contribution in [2.24, 2.45) is 0 Å². The smallest absolute Gasteiger partial charge is 0.454 e. The average molecular weight is 488 g/mol. The monoisotopic (exact) mass is 488 g/mol. The minimum atomic E-state index is -4.74. The van der Waals surface area contributed by atoms with Crippen LogP contribution in [0.25, 0.3) is 0 Å². The van der Waals surface area contributed by atoms with Crippen LogP contribution >= 0.6 is 0 Å². The maximum absolute atomic E-state index is 12.4. The summed E-state index contributed by atoms with van der Waals surface area (Å²) in [5, 5.41) is 3.03. The third-order valence-electron chi connectivity index (χ3n) is 5.73. The van der Waals surface area contributed by atoms with Crippen molar-refractivity contribution < 1.29 is 27.4 Å². The van der Waals surface area contributed by atoms with Gasteiger partial charge in [-0.3, -0.25) is 4.90 Å². The molecule has 1 aromatic heterocycles. The molecule has 3 heterocycles. The first-order chi connectivity index (χ1) is 16.8. The molecule has 2 aliphatic heterocycles. The molecule has 3 aromatic rings. The van der Waals surface area contributed by atoms with E-state index in [-0.39, 0.29) is 12.5 Å². The fraction of sp³-hybridized carbons (Fsp3) is 0.304. The van der Waals surface area contributed by atoms with Crippen LogP contribution in [0.4, 0.5) is 36.2 Å². The van der Waals surface area contributed by atoms with E-state index in [4.69, 9.17) is 15.2 Å². The second kappa shape index (κ2) is 9.37. The summed E-state index contributed by atoms with van der Waals surface area (Å²) in [5.74, 6) is 2.23. The fourth-order valence-electron chi connectivity index (χ4n) is 4.03. The van der Waals surface area contributed by atoms with Gasteiger partial charge in [0.25, 0.3) is 0 Å². The molecule has 3 N–H and O–H groups in total. The zero-order chi connectivity index (χ0) is 24.4. The van der Waals surface area contributed by atoms with E-state index in [2.05, 4.69) is 29.8 Å². The van der Waals surface area contributed by atoms with Gasteiger partial charge in [-0.15, -0.1) is 13.2 Å².